The second-order valence-corrected chi connectivity index (χ2v) is 8.33. The van der Waals surface area contributed by atoms with Gasteiger partial charge >= 0.3 is 0 Å². The molecule has 0 aliphatic carbocycles. The summed E-state index contributed by atoms with van der Waals surface area (Å²) in [5, 5.41) is 2.70. The van der Waals surface area contributed by atoms with Gasteiger partial charge in [-0.05, 0) is 25.0 Å². The van der Waals surface area contributed by atoms with Gasteiger partial charge in [-0.1, -0.05) is 6.07 Å². The van der Waals surface area contributed by atoms with Gasteiger partial charge in [0, 0.05) is 20.1 Å². The average Bonchev–Trinajstić information content (AvgIpc) is 2.79. The second kappa shape index (κ2) is 6.23. The first kappa shape index (κ1) is 17.6. The topological polar surface area (TPSA) is 104 Å². The van der Waals surface area contributed by atoms with Crippen molar-refractivity contribution in [1.82, 2.24) is 9.21 Å². The van der Waals surface area contributed by atoms with E-state index in [2.05, 4.69) is 5.32 Å². The number of nitrogens with one attached hydrogen (secondary N) is 1. The van der Waals surface area contributed by atoms with Crippen LogP contribution in [0.1, 0.15) is 33.6 Å². The van der Waals surface area contributed by atoms with Crippen molar-refractivity contribution in [3.05, 3.63) is 29.3 Å². The standard InChI is InChI=1S/C16H19N3O5S/c1-18-15(21)11-6-3-7-12(13(11)16(18)22)17-14(20)10-5-4-8-19(9-10)25(2,23)24/h3,6-7,10H,4-5,8-9H2,1-2H3,(H,17,20)/t10-/m0/s1. The number of piperidine rings is 1. The van der Waals surface area contributed by atoms with Gasteiger partial charge in [-0.15, -0.1) is 0 Å². The number of anilines is 1. The molecule has 3 rings (SSSR count). The van der Waals surface area contributed by atoms with E-state index in [1.165, 1.54) is 11.4 Å². The molecule has 25 heavy (non-hydrogen) atoms. The van der Waals surface area contributed by atoms with Crippen molar-refractivity contribution in [3.8, 4) is 0 Å². The fraction of sp³-hybridized carbons (Fsp3) is 0.438. The Bertz CT molecular complexity index is 865. The maximum Gasteiger partial charge on any atom is 0.263 e. The van der Waals surface area contributed by atoms with E-state index in [1.807, 2.05) is 0 Å². The molecule has 134 valence electrons. The number of benzene rings is 1. The molecule has 1 aromatic carbocycles. The van der Waals surface area contributed by atoms with Crippen LogP contribution in [0.15, 0.2) is 18.2 Å². The highest BCUT2D eigenvalue weighted by atomic mass is 32.2. The highest BCUT2D eigenvalue weighted by Crippen LogP contribution is 2.29. The number of rotatable bonds is 3. The highest BCUT2D eigenvalue weighted by molar-refractivity contribution is 7.88. The zero-order valence-electron chi connectivity index (χ0n) is 14.0. The first-order valence-corrected chi connectivity index (χ1v) is 9.76. The molecule has 0 spiro atoms. The molecule has 1 fully saturated rings. The molecule has 0 saturated carbocycles. The molecule has 2 heterocycles. The number of amides is 3. The Hall–Kier alpha value is -2.26. The molecular formula is C16H19N3O5S. The van der Waals surface area contributed by atoms with E-state index in [-0.39, 0.29) is 29.3 Å². The number of hydrogen-bond donors (Lipinski definition) is 1. The summed E-state index contributed by atoms with van der Waals surface area (Å²) in [4.78, 5) is 37.8. The Morgan fingerprint density at radius 1 is 1.24 bits per heavy atom. The predicted molar refractivity (Wildman–Crippen MR) is 90.6 cm³/mol. The molecule has 1 N–H and O–H groups in total. The van der Waals surface area contributed by atoms with Crippen molar-refractivity contribution in [2.24, 2.45) is 5.92 Å². The van der Waals surface area contributed by atoms with Gasteiger partial charge < -0.3 is 5.32 Å². The quantitative estimate of drug-likeness (QED) is 0.787. The van der Waals surface area contributed by atoms with E-state index in [1.54, 1.807) is 18.2 Å². The zero-order valence-corrected chi connectivity index (χ0v) is 14.8. The van der Waals surface area contributed by atoms with Crippen LogP contribution in [0.3, 0.4) is 0 Å². The van der Waals surface area contributed by atoms with Crippen LogP contribution >= 0.6 is 0 Å². The minimum Gasteiger partial charge on any atom is -0.325 e. The number of nitrogens with zero attached hydrogens (tertiary/aromatic N) is 2. The second-order valence-electron chi connectivity index (χ2n) is 6.35. The van der Waals surface area contributed by atoms with Crippen molar-refractivity contribution < 1.29 is 22.8 Å². The van der Waals surface area contributed by atoms with Crippen molar-refractivity contribution in [3.63, 3.8) is 0 Å². The Kier molecular flexibility index (Phi) is 4.38. The summed E-state index contributed by atoms with van der Waals surface area (Å²) in [6.45, 7) is 0.521. The van der Waals surface area contributed by atoms with Gasteiger partial charge in [-0.2, -0.15) is 0 Å². The molecule has 3 amide bonds. The average molecular weight is 365 g/mol. The maximum atomic E-state index is 12.6. The smallest absolute Gasteiger partial charge is 0.263 e. The summed E-state index contributed by atoms with van der Waals surface area (Å²) in [6, 6.07) is 4.71. The van der Waals surface area contributed by atoms with Crippen molar-refractivity contribution >= 4 is 33.4 Å². The molecule has 0 radical (unpaired) electrons. The molecule has 0 unspecified atom stereocenters. The van der Waals surface area contributed by atoms with E-state index in [0.717, 1.165) is 11.2 Å². The minimum absolute atomic E-state index is 0.118. The summed E-state index contributed by atoms with van der Waals surface area (Å²) in [6.07, 6.45) is 2.29. The number of hydrogen-bond acceptors (Lipinski definition) is 5. The fourth-order valence-corrected chi connectivity index (χ4v) is 4.11. The van der Waals surface area contributed by atoms with Crippen molar-refractivity contribution in [1.29, 1.82) is 0 Å². The highest BCUT2D eigenvalue weighted by Gasteiger charge is 2.36. The molecule has 0 aromatic heterocycles. The van der Waals surface area contributed by atoms with Gasteiger partial charge in [0.2, 0.25) is 15.9 Å². The molecule has 2 aliphatic heterocycles. The van der Waals surface area contributed by atoms with E-state index in [9.17, 15) is 22.8 Å². The molecule has 1 aromatic rings. The van der Waals surface area contributed by atoms with Gasteiger partial charge in [0.1, 0.15) is 0 Å². The molecular weight excluding hydrogens is 346 g/mol. The first-order valence-electron chi connectivity index (χ1n) is 7.91. The predicted octanol–water partition coefficient (Wildman–Crippen LogP) is 0.523. The number of carbonyl (C=O) groups is 3. The van der Waals surface area contributed by atoms with Gasteiger partial charge in [-0.3, -0.25) is 19.3 Å². The number of fused-ring (bicyclic) bond motifs is 1. The first-order chi connectivity index (χ1) is 11.7. The summed E-state index contributed by atoms with van der Waals surface area (Å²) in [5.41, 5.74) is 0.715. The summed E-state index contributed by atoms with van der Waals surface area (Å²) in [7, 11) is -1.96. The van der Waals surface area contributed by atoms with Crippen LogP contribution in [0.2, 0.25) is 0 Å². The molecule has 1 saturated heterocycles. The van der Waals surface area contributed by atoms with Crippen LogP contribution in [0.5, 0.6) is 0 Å². The maximum absolute atomic E-state index is 12.6. The molecule has 8 nitrogen and oxygen atoms in total. The van der Waals surface area contributed by atoms with Crippen LogP contribution in [-0.2, 0) is 14.8 Å². The third kappa shape index (κ3) is 3.16. The minimum atomic E-state index is -3.35. The SMILES string of the molecule is CN1C(=O)c2cccc(NC(=O)[C@H]3CCCN(S(C)(=O)=O)C3)c2C1=O. The van der Waals surface area contributed by atoms with E-state index in [4.69, 9.17) is 0 Å². The number of imide groups is 1. The molecule has 9 heteroatoms. The van der Waals surface area contributed by atoms with Crippen LogP contribution < -0.4 is 5.32 Å². The summed E-state index contributed by atoms with van der Waals surface area (Å²) < 4.78 is 24.7. The fourth-order valence-electron chi connectivity index (χ4n) is 3.20. The number of carbonyl (C=O) groups excluding carboxylic acids is 3. The van der Waals surface area contributed by atoms with Gasteiger partial charge in [0.05, 0.1) is 29.0 Å². The van der Waals surface area contributed by atoms with Crippen molar-refractivity contribution in [2.75, 3.05) is 31.7 Å². The summed E-state index contributed by atoms with van der Waals surface area (Å²) in [5.74, 6) is -1.71. The van der Waals surface area contributed by atoms with Crippen LogP contribution in [-0.4, -0.2) is 61.7 Å². The Morgan fingerprint density at radius 2 is 1.96 bits per heavy atom. The Balaban J connectivity index is 1.81. The zero-order chi connectivity index (χ0) is 18.4. The lowest BCUT2D eigenvalue weighted by atomic mass is 9.98. The van der Waals surface area contributed by atoms with Crippen LogP contribution in [0, 0.1) is 5.92 Å². The molecule has 0 bridgehead atoms. The third-order valence-electron chi connectivity index (χ3n) is 4.60. The normalized spacial score (nSPS) is 21.4. The Morgan fingerprint density at radius 3 is 2.64 bits per heavy atom. The van der Waals surface area contributed by atoms with E-state index in [0.29, 0.717) is 19.4 Å². The van der Waals surface area contributed by atoms with Gasteiger partial charge in [-0.25, -0.2) is 12.7 Å². The van der Waals surface area contributed by atoms with E-state index < -0.39 is 27.8 Å². The third-order valence-corrected chi connectivity index (χ3v) is 5.87. The van der Waals surface area contributed by atoms with Crippen LogP contribution in [0.25, 0.3) is 0 Å². The summed E-state index contributed by atoms with van der Waals surface area (Å²) >= 11 is 0. The van der Waals surface area contributed by atoms with Crippen molar-refractivity contribution in [2.45, 2.75) is 12.8 Å². The lowest BCUT2D eigenvalue weighted by molar-refractivity contribution is -0.120. The lowest BCUT2D eigenvalue weighted by Gasteiger charge is -2.30. The lowest BCUT2D eigenvalue weighted by Crippen LogP contribution is -2.43. The molecule has 2 aliphatic rings. The monoisotopic (exact) mass is 365 g/mol. The van der Waals surface area contributed by atoms with Crippen LogP contribution in [0.4, 0.5) is 5.69 Å². The van der Waals surface area contributed by atoms with Gasteiger partial charge in [0.15, 0.2) is 0 Å². The van der Waals surface area contributed by atoms with E-state index >= 15 is 0 Å². The Labute approximate surface area is 145 Å². The van der Waals surface area contributed by atoms with Gasteiger partial charge in [0.25, 0.3) is 11.8 Å². The molecule has 1 atom stereocenters. The number of sulfonamides is 1. The largest absolute Gasteiger partial charge is 0.325 e.